The largest absolute Gasteiger partial charge is 0.420 e. The zero-order valence-corrected chi connectivity index (χ0v) is 17.6. The predicted octanol–water partition coefficient (Wildman–Crippen LogP) is 6.20. The molecule has 0 rings (SSSR count). The van der Waals surface area contributed by atoms with Crippen LogP contribution in [0.1, 0.15) is 59.8 Å². The van der Waals surface area contributed by atoms with Crippen LogP contribution in [0.15, 0.2) is 0 Å². The van der Waals surface area contributed by atoms with Crippen LogP contribution in [0.25, 0.3) is 0 Å². The Kier molecular flexibility index (Phi) is 12.1. The molecule has 21 heavy (non-hydrogen) atoms. The summed E-state index contributed by atoms with van der Waals surface area (Å²) in [5, 5.41) is 0. The molecule has 0 aromatic carbocycles. The Morgan fingerprint density at radius 1 is 0.524 bits per heavy atom. The van der Waals surface area contributed by atoms with E-state index in [-0.39, 0.29) is 0 Å². The molecule has 0 radical (unpaired) electrons. The van der Waals surface area contributed by atoms with E-state index in [4.69, 9.17) is 8.85 Å². The highest BCUT2D eigenvalue weighted by atomic mass is 28.4. The molecule has 0 aromatic rings. The Hall–Kier alpha value is 0.354. The molecular formula is C17H40O2Si2. The van der Waals surface area contributed by atoms with Crippen LogP contribution in [0.4, 0.5) is 0 Å². The average molecular weight is 333 g/mol. The summed E-state index contributed by atoms with van der Waals surface area (Å²) in [6, 6.07) is 7.81. The molecule has 0 N–H and O–H groups in total. The van der Waals surface area contributed by atoms with E-state index < -0.39 is 16.6 Å². The maximum atomic E-state index is 5.88. The zero-order valence-electron chi connectivity index (χ0n) is 15.6. The van der Waals surface area contributed by atoms with Crippen molar-refractivity contribution in [3.8, 4) is 0 Å². The fourth-order valence-electron chi connectivity index (χ4n) is 3.41. The molecule has 2 nitrogen and oxygen atoms in total. The van der Waals surface area contributed by atoms with Crippen molar-refractivity contribution in [3.05, 3.63) is 0 Å². The first-order chi connectivity index (χ1) is 10.1. The van der Waals surface area contributed by atoms with Gasteiger partial charge >= 0.3 is 0 Å². The van der Waals surface area contributed by atoms with E-state index in [1.54, 1.807) is 0 Å². The summed E-state index contributed by atoms with van der Waals surface area (Å²) >= 11 is 0. The highest BCUT2D eigenvalue weighted by Crippen LogP contribution is 2.26. The number of rotatable bonds is 14. The van der Waals surface area contributed by atoms with Crippen molar-refractivity contribution in [1.82, 2.24) is 0 Å². The first kappa shape index (κ1) is 21.4. The lowest BCUT2D eigenvalue weighted by molar-refractivity contribution is 0.387. The minimum absolute atomic E-state index is 1.27. The van der Waals surface area contributed by atoms with Crippen molar-refractivity contribution in [2.45, 2.75) is 96.1 Å². The molecule has 0 bridgehead atoms. The maximum absolute atomic E-state index is 5.88. The summed E-state index contributed by atoms with van der Waals surface area (Å²) in [5.74, 6) is 0. The van der Waals surface area contributed by atoms with Gasteiger partial charge in [-0.2, -0.15) is 0 Å². The molecule has 0 aliphatic carbocycles. The molecule has 0 saturated carbocycles. The van der Waals surface area contributed by atoms with Crippen LogP contribution in [0.5, 0.6) is 0 Å². The van der Waals surface area contributed by atoms with Crippen LogP contribution in [-0.4, -0.2) is 30.9 Å². The smallest absolute Gasteiger partial charge is 0.191 e. The standard InChI is InChI=1S/C17H40O2Si2/c1-7-20(8-2,18-5)16-14-12-11-13-15-17-21(9-3,10-4)19-6/h7-17H2,1-6H3. The van der Waals surface area contributed by atoms with E-state index in [1.165, 1.54) is 68.4 Å². The summed E-state index contributed by atoms with van der Waals surface area (Å²) in [7, 11) is 1.18. The van der Waals surface area contributed by atoms with Gasteiger partial charge in [-0.25, -0.2) is 0 Å². The van der Waals surface area contributed by atoms with E-state index >= 15 is 0 Å². The first-order valence-electron chi connectivity index (χ1n) is 9.17. The molecule has 4 heteroatoms. The molecule has 0 aliphatic heterocycles. The molecule has 0 saturated heterocycles. The third-order valence-electron chi connectivity index (χ3n) is 5.71. The minimum atomic E-state index is -1.35. The van der Waals surface area contributed by atoms with Crippen LogP contribution < -0.4 is 0 Å². The lowest BCUT2D eigenvalue weighted by Crippen LogP contribution is -2.35. The maximum Gasteiger partial charge on any atom is 0.191 e. The van der Waals surface area contributed by atoms with Crippen LogP contribution in [0.3, 0.4) is 0 Å². The molecule has 0 atom stereocenters. The van der Waals surface area contributed by atoms with E-state index in [9.17, 15) is 0 Å². The second kappa shape index (κ2) is 11.9. The lowest BCUT2D eigenvalue weighted by atomic mass is 10.2. The number of hydrogen-bond donors (Lipinski definition) is 0. The Labute approximate surface area is 136 Å². The number of hydrogen-bond acceptors (Lipinski definition) is 2. The van der Waals surface area contributed by atoms with Crippen molar-refractivity contribution in [2.75, 3.05) is 14.2 Å². The zero-order chi connectivity index (χ0) is 16.2. The van der Waals surface area contributed by atoms with Gasteiger partial charge in [0.15, 0.2) is 16.6 Å². The summed E-state index contributed by atoms with van der Waals surface area (Å²) in [6.07, 6.45) is 6.91. The normalized spacial score (nSPS) is 12.9. The van der Waals surface area contributed by atoms with Crippen LogP contribution in [0, 0.1) is 0 Å². The van der Waals surface area contributed by atoms with Gasteiger partial charge in [0, 0.05) is 14.2 Å². The lowest BCUT2D eigenvalue weighted by Gasteiger charge is -2.27. The second-order valence-electron chi connectivity index (χ2n) is 6.46. The van der Waals surface area contributed by atoms with Gasteiger partial charge in [-0.15, -0.1) is 0 Å². The van der Waals surface area contributed by atoms with E-state index in [0.29, 0.717) is 0 Å². The van der Waals surface area contributed by atoms with Gasteiger partial charge in [-0.3, -0.25) is 0 Å². The van der Waals surface area contributed by atoms with Gasteiger partial charge in [0.2, 0.25) is 0 Å². The quantitative estimate of drug-likeness (QED) is 0.278. The average Bonchev–Trinajstić information content (AvgIpc) is 2.55. The summed E-state index contributed by atoms with van der Waals surface area (Å²) < 4.78 is 11.8. The van der Waals surface area contributed by atoms with E-state index in [1.807, 2.05) is 14.2 Å². The van der Waals surface area contributed by atoms with Gasteiger partial charge < -0.3 is 8.85 Å². The summed E-state index contributed by atoms with van der Waals surface area (Å²) in [6.45, 7) is 9.24. The van der Waals surface area contributed by atoms with Crippen molar-refractivity contribution >= 4 is 16.6 Å². The van der Waals surface area contributed by atoms with Crippen molar-refractivity contribution < 1.29 is 8.85 Å². The Bertz CT molecular complexity index is 198. The molecule has 0 amide bonds. The Morgan fingerprint density at radius 2 is 0.810 bits per heavy atom. The highest BCUT2D eigenvalue weighted by Gasteiger charge is 2.29. The van der Waals surface area contributed by atoms with Gasteiger partial charge in [-0.05, 0) is 36.3 Å². The molecule has 0 aliphatic rings. The third kappa shape index (κ3) is 7.44. The molecule has 0 unspecified atom stereocenters. The molecule has 0 spiro atoms. The van der Waals surface area contributed by atoms with Gasteiger partial charge in [-0.1, -0.05) is 59.8 Å². The van der Waals surface area contributed by atoms with Crippen molar-refractivity contribution in [3.63, 3.8) is 0 Å². The van der Waals surface area contributed by atoms with E-state index in [0.717, 1.165) is 0 Å². The molecular weight excluding hydrogens is 292 g/mol. The molecule has 0 heterocycles. The van der Waals surface area contributed by atoms with Crippen molar-refractivity contribution in [1.29, 1.82) is 0 Å². The Balaban J connectivity index is 3.78. The van der Waals surface area contributed by atoms with Crippen LogP contribution in [-0.2, 0) is 8.85 Å². The van der Waals surface area contributed by atoms with Gasteiger partial charge in [0.25, 0.3) is 0 Å². The summed E-state index contributed by atoms with van der Waals surface area (Å²) in [4.78, 5) is 0. The monoisotopic (exact) mass is 332 g/mol. The van der Waals surface area contributed by atoms with E-state index in [2.05, 4.69) is 27.7 Å². The fourth-order valence-corrected chi connectivity index (χ4v) is 9.18. The van der Waals surface area contributed by atoms with Gasteiger partial charge in [0.05, 0.1) is 0 Å². The minimum Gasteiger partial charge on any atom is -0.420 e. The summed E-state index contributed by atoms with van der Waals surface area (Å²) in [5.41, 5.74) is 0. The SMILES string of the molecule is CC[Si](CC)(CCCCCCC[Si](CC)(CC)OC)OC. The fraction of sp³-hybridized carbons (Fsp3) is 1.00. The third-order valence-corrected chi connectivity index (χ3v) is 15.1. The number of unbranched alkanes of at least 4 members (excludes halogenated alkanes) is 4. The van der Waals surface area contributed by atoms with Crippen molar-refractivity contribution in [2.24, 2.45) is 0 Å². The Morgan fingerprint density at radius 3 is 1.05 bits per heavy atom. The highest BCUT2D eigenvalue weighted by molar-refractivity contribution is 6.74. The molecule has 128 valence electrons. The van der Waals surface area contributed by atoms with Crippen LogP contribution >= 0.6 is 0 Å². The predicted molar refractivity (Wildman–Crippen MR) is 100 cm³/mol. The molecule has 0 fully saturated rings. The topological polar surface area (TPSA) is 18.5 Å². The molecule has 0 aromatic heterocycles. The second-order valence-corrected chi connectivity index (χ2v) is 15.8. The van der Waals surface area contributed by atoms with Crippen LogP contribution in [0.2, 0.25) is 36.3 Å². The van der Waals surface area contributed by atoms with Gasteiger partial charge in [0.1, 0.15) is 0 Å². The first-order valence-corrected chi connectivity index (χ1v) is 14.2.